The number of ether oxygens (including phenoxy) is 6. The lowest BCUT2D eigenvalue weighted by Gasteiger charge is -2.33. The zero-order chi connectivity index (χ0) is 88.2. The number of alkyl halides is 6. The average molecular weight is 1750 g/mol. The van der Waals surface area contributed by atoms with Gasteiger partial charge in [0, 0.05) is 73.4 Å². The van der Waals surface area contributed by atoms with Gasteiger partial charge < -0.3 is 48.0 Å². The molecule has 668 valence electrons. The van der Waals surface area contributed by atoms with E-state index in [0.717, 1.165) is 49.8 Å². The number of Topliss-reactive ketones (excluding diaryl/α,β-unsaturated/α-hetero) is 2. The Morgan fingerprint density at radius 1 is 0.525 bits per heavy atom. The number of hydrogen-bond donors (Lipinski definition) is 2. The van der Waals surface area contributed by atoms with Crippen molar-refractivity contribution >= 4 is 100 Å². The summed E-state index contributed by atoms with van der Waals surface area (Å²) in [5.74, 6) is -9.71. The van der Waals surface area contributed by atoms with Crippen LogP contribution in [-0.4, -0.2) is 207 Å². The number of sulfonamides is 2. The lowest BCUT2D eigenvalue weighted by atomic mass is 9.82. The third-order valence-corrected chi connectivity index (χ3v) is 31.5. The maximum Gasteiger partial charge on any atom is 0.427 e. The summed E-state index contributed by atoms with van der Waals surface area (Å²) in [6, 6.07) is 12.9. The molecule has 14 rings (SSSR count). The van der Waals surface area contributed by atoms with Crippen molar-refractivity contribution in [1.29, 1.82) is 0 Å². The molecular formula is C88H114F6N8O18S2. The molecule has 4 aliphatic carbocycles. The summed E-state index contributed by atoms with van der Waals surface area (Å²) in [5.41, 5.74) is -6.58. The second kappa shape index (κ2) is 35.1. The minimum Gasteiger partial charge on any atom is -0.472 e. The molecule has 122 heavy (non-hydrogen) atoms. The highest BCUT2D eigenvalue weighted by atomic mass is 32.2. The number of nitrogens with zero attached hydrogens (tertiary/aromatic N) is 6. The van der Waals surface area contributed by atoms with Crippen LogP contribution in [0.4, 0.5) is 37.7 Å². The van der Waals surface area contributed by atoms with Crippen molar-refractivity contribution in [3.05, 3.63) is 85.2 Å². The lowest BCUT2D eigenvalue weighted by molar-refractivity contribution is -0.257. The summed E-state index contributed by atoms with van der Waals surface area (Å²) in [4.78, 5) is 131. The molecule has 4 saturated heterocycles. The van der Waals surface area contributed by atoms with Gasteiger partial charge in [0.15, 0.2) is 11.6 Å². The number of pyridine rings is 2. The topological polar surface area (TPSA) is 323 Å². The summed E-state index contributed by atoms with van der Waals surface area (Å²) in [6.45, 7) is 18.4. The third-order valence-electron chi connectivity index (χ3n) is 27.2. The fourth-order valence-electron chi connectivity index (χ4n) is 18.2. The van der Waals surface area contributed by atoms with Gasteiger partial charge in [-0.25, -0.2) is 26.8 Å². The van der Waals surface area contributed by atoms with Gasteiger partial charge in [-0.2, -0.15) is 26.3 Å². The molecular weight excluding hydrogens is 1640 g/mol. The molecule has 6 aliphatic heterocycles. The Morgan fingerprint density at radius 2 is 0.869 bits per heavy atom. The first-order valence-electron chi connectivity index (χ1n) is 42.7. The van der Waals surface area contributed by atoms with Crippen LogP contribution in [0.15, 0.2) is 85.2 Å². The zero-order valence-corrected chi connectivity index (χ0v) is 72.6. The first-order chi connectivity index (χ1) is 57.3. The first kappa shape index (κ1) is 91.2. The first-order valence-corrected chi connectivity index (χ1v) is 45.7. The monoisotopic (exact) mass is 1750 g/mol. The van der Waals surface area contributed by atoms with Gasteiger partial charge in [-0.1, -0.05) is 88.4 Å². The van der Waals surface area contributed by atoms with Gasteiger partial charge in [-0.3, -0.25) is 47.8 Å². The van der Waals surface area contributed by atoms with Crippen molar-refractivity contribution in [1.82, 2.24) is 29.2 Å². The number of ketones is 2. The second-order valence-electron chi connectivity index (χ2n) is 37.4. The molecule has 0 spiro atoms. The number of rotatable bonds is 18. The van der Waals surface area contributed by atoms with Crippen molar-refractivity contribution in [3.63, 3.8) is 0 Å². The maximum atomic E-state index is 15.0. The van der Waals surface area contributed by atoms with Gasteiger partial charge in [0.25, 0.3) is 0 Å². The number of anilines is 2. The molecule has 2 aromatic carbocycles. The Hall–Kier alpha value is -8.50. The van der Waals surface area contributed by atoms with Gasteiger partial charge in [-0.15, -0.1) is 0 Å². The van der Waals surface area contributed by atoms with E-state index in [1.807, 2.05) is 86.7 Å². The predicted molar refractivity (Wildman–Crippen MR) is 440 cm³/mol. The van der Waals surface area contributed by atoms with Gasteiger partial charge in [0.1, 0.15) is 12.2 Å². The van der Waals surface area contributed by atoms with Gasteiger partial charge >= 0.3 is 24.3 Å². The molecule has 0 radical (unpaired) electrons. The van der Waals surface area contributed by atoms with E-state index < -0.39 is 184 Å². The Labute approximate surface area is 708 Å². The van der Waals surface area contributed by atoms with Crippen LogP contribution in [0, 0.1) is 58.2 Å². The van der Waals surface area contributed by atoms with Crippen LogP contribution in [0.2, 0.25) is 0 Å². The highest BCUT2D eigenvalue weighted by Gasteiger charge is 2.65. The molecule has 8 fully saturated rings. The van der Waals surface area contributed by atoms with Gasteiger partial charge in [-0.05, 0) is 166 Å². The van der Waals surface area contributed by atoms with E-state index >= 15 is 0 Å². The Bertz CT molecular complexity index is 4650. The number of benzene rings is 2. The predicted octanol–water partition coefficient (Wildman–Crippen LogP) is 12.6. The van der Waals surface area contributed by atoms with E-state index in [-0.39, 0.29) is 75.2 Å². The van der Waals surface area contributed by atoms with Crippen LogP contribution in [0.3, 0.4) is 0 Å². The Kier molecular flexibility index (Phi) is 26.3. The Morgan fingerprint density at radius 3 is 1.20 bits per heavy atom. The summed E-state index contributed by atoms with van der Waals surface area (Å²) in [6.07, 6.45) is 3.17. The molecule has 0 bridgehead atoms. The van der Waals surface area contributed by atoms with Crippen LogP contribution in [0.25, 0.3) is 21.5 Å². The number of nitrogens with one attached hydrogen (secondary N) is 2. The van der Waals surface area contributed by atoms with Gasteiger partial charge in [0.05, 0.1) is 120 Å². The molecule has 4 aromatic rings. The number of aromatic nitrogens is 2. The molecule has 10 aliphatic rings. The maximum absolute atomic E-state index is 15.0. The summed E-state index contributed by atoms with van der Waals surface area (Å²) in [7, 11) is -8.07. The van der Waals surface area contributed by atoms with Crippen molar-refractivity contribution in [2.24, 2.45) is 58.2 Å². The fourth-order valence-corrected chi connectivity index (χ4v) is 20.9. The summed E-state index contributed by atoms with van der Waals surface area (Å²) >= 11 is 0. The van der Waals surface area contributed by atoms with Crippen LogP contribution in [0.5, 0.6) is 11.8 Å². The number of carbonyl (C=O) groups is 8. The minimum absolute atomic E-state index is 0.0105. The van der Waals surface area contributed by atoms with E-state index in [1.165, 1.54) is 9.80 Å². The molecule has 2 N–H and O–H groups in total. The molecule has 34 heteroatoms. The molecule has 26 nitrogen and oxygen atoms in total. The highest BCUT2D eigenvalue weighted by molar-refractivity contribution is 7.92. The molecule has 14 atom stereocenters. The minimum atomic E-state index is -4.86. The SMILES string of the molecule is C[C@@H]1CC/C=C\[C@@H]2C[C@@]2(C(=O)NS(=O)(=O)C2(C)CC2)CC(=O)[C@@H]2C[C@@H](Oc3ncc(N4CCOCC4)c4ccccc34)CN2C(=O)[C@@H](CC(=O)OC(C)(C)C(F)(F)F)[C@H](C)C1.C[C@H]1CC/C=C\[C@@H]2C[C@@]2(C(=O)NS(=O)(=O)C2(C)CC2)CC(=O)[C@@H]2C[C@@H](Oc3ncc(N4CCOCC4)c4ccccc34)CN2C(=O)[C@@H](CC(=O)OC(C)(C)C(F)(F)F)[C@H](C)C1. The van der Waals surface area contributed by atoms with E-state index in [9.17, 15) is 81.5 Å². The summed E-state index contributed by atoms with van der Waals surface area (Å²) in [5, 5.41) is 3.18. The standard InChI is InChI=1S/2C44H57F3N4O9S/c2*1-27-10-6-7-11-29-23-43(29,40(55)49-61(56,57)42(5)14-15-42)24-36(52)34-21-30(59-38-32-13-9-8-12-31(32)35(25-48-38)50-16-18-58-19-17-50)26-51(34)39(54)33(28(2)20-27)22-37(53)60-41(3,4)44(45,46)47/h2*7-9,11-13,25,27-30,33-34H,6,10,14-24,26H2,1-5H3,(H,49,55)/b2*11-7-/t27-,28+,29+,30+,33-,34-,43+;27-,28-,29-,30-,33+,34+,43-/m01/s1. The van der Waals surface area contributed by atoms with Crippen LogP contribution in [-0.2, 0) is 77.4 Å². The molecule has 8 heterocycles. The number of hydrogen-bond acceptors (Lipinski definition) is 22. The van der Waals surface area contributed by atoms with Crippen molar-refractivity contribution in [3.8, 4) is 11.8 Å². The number of amides is 4. The molecule has 2 aromatic heterocycles. The number of esters is 2. The largest absolute Gasteiger partial charge is 0.472 e. The number of fused-ring (bicyclic) bond motifs is 6. The third kappa shape index (κ3) is 19.6. The van der Waals surface area contributed by atoms with Crippen LogP contribution in [0.1, 0.15) is 185 Å². The van der Waals surface area contributed by atoms with Crippen LogP contribution < -0.4 is 28.7 Å². The second-order valence-corrected chi connectivity index (χ2v) is 41.8. The molecule has 4 saturated carbocycles. The van der Waals surface area contributed by atoms with E-state index in [1.54, 1.807) is 40.1 Å². The number of halogens is 6. The average Bonchev–Trinajstić information content (AvgIpc) is 1.57. The van der Waals surface area contributed by atoms with Crippen molar-refractivity contribution in [2.45, 2.75) is 242 Å². The van der Waals surface area contributed by atoms with Gasteiger partial charge in [0.2, 0.25) is 66.6 Å². The Balaban J connectivity index is 0.000000210. The van der Waals surface area contributed by atoms with E-state index in [2.05, 4.69) is 19.2 Å². The van der Waals surface area contributed by atoms with Crippen molar-refractivity contribution < 1.29 is 110 Å². The smallest absolute Gasteiger partial charge is 0.427 e. The molecule has 0 unspecified atom stereocenters. The van der Waals surface area contributed by atoms with Crippen molar-refractivity contribution in [2.75, 3.05) is 75.5 Å². The normalized spacial score (nSPS) is 30.4. The zero-order valence-electron chi connectivity index (χ0n) is 70.9. The van der Waals surface area contributed by atoms with E-state index in [4.69, 9.17) is 38.4 Å². The summed E-state index contributed by atoms with van der Waals surface area (Å²) < 4.78 is 173. The number of carbonyl (C=O) groups excluding carboxylic acids is 8. The fraction of sp³-hybridized carbons (Fsp3) is 0.659. The quantitative estimate of drug-likeness (QED) is 0.0531. The lowest BCUT2D eigenvalue weighted by Crippen LogP contribution is -2.48. The highest BCUT2D eigenvalue weighted by Crippen LogP contribution is 2.60. The number of allylic oxidation sites excluding steroid dienone is 4. The molecule has 4 amide bonds. The number of morpholine rings is 2. The van der Waals surface area contributed by atoms with Crippen LogP contribution >= 0.6 is 0 Å². The van der Waals surface area contributed by atoms with E-state index in [0.29, 0.717) is 128 Å².